The lowest BCUT2D eigenvalue weighted by molar-refractivity contribution is 0.101. The maximum Gasteiger partial charge on any atom is 0.241 e. The van der Waals surface area contributed by atoms with Crippen molar-refractivity contribution in [1.29, 1.82) is 0 Å². The monoisotopic (exact) mass is 333 g/mol. The lowest BCUT2D eigenvalue weighted by Gasteiger charge is -2.17. The molecule has 0 saturated carbocycles. The highest BCUT2D eigenvalue weighted by molar-refractivity contribution is 7.89. The molecule has 0 aromatic heterocycles. The van der Waals surface area contributed by atoms with Crippen LogP contribution in [0.25, 0.3) is 0 Å². The largest absolute Gasteiger partial charge is 0.496 e. The number of sulfonamides is 1. The molecule has 5 nitrogen and oxygen atoms in total. The van der Waals surface area contributed by atoms with Gasteiger partial charge in [0.1, 0.15) is 5.75 Å². The number of hydrogen-bond donors (Lipinski definition) is 1. The second kappa shape index (κ2) is 6.93. The molecule has 0 aliphatic rings. The number of ether oxygens (including phenoxy) is 1. The Bertz CT molecular complexity index is 798. The van der Waals surface area contributed by atoms with Gasteiger partial charge in [-0.15, -0.1) is 0 Å². The van der Waals surface area contributed by atoms with Crippen LogP contribution < -0.4 is 9.46 Å². The van der Waals surface area contributed by atoms with Crippen LogP contribution >= 0.6 is 0 Å². The van der Waals surface area contributed by atoms with Gasteiger partial charge >= 0.3 is 0 Å². The van der Waals surface area contributed by atoms with Crippen molar-refractivity contribution in [1.82, 2.24) is 4.72 Å². The summed E-state index contributed by atoms with van der Waals surface area (Å²) in [5.41, 5.74) is 1.22. The highest BCUT2D eigenvalue weighted by atomic mass is 32.2. The fourth-order valence-electron chi connectivity index (χ4n) is 2.26. The van der Waals surface area contributed by atoms with Gasteiger partial charge in [-0.2, -0.15) is 0 Å². The summed E-state index contributed by atoms with van der Waals surface area (Å²) >= 11 is 0. The Kier molecular flexibility index (Phi) is 5.18. The third-order valence-electron chi connectivity index (χ3n) is 3.51. The van der Waals surface area contributed by atoms with E-state index in [0.717, 1.165) is 5.56 Å². The third kappa shape index (κ3) is 3.97. The standard InChI is InChI=1S/C17H19NO4S/c1-12(16-6-4-5-7-17(16)22-3)18-23(20,21)15-10-8-14(9-11-15)13(2)19/h4-12,18H,1-3H3/t12-/m0/s1. The Morgan fingerprint density at radius 2 is 1.70 bits per heavy atom. The lowest BCUT2D eigenvalue weighted by atomic mass is 10.1. The number of para-hydroxylation sites is 1. The van der Waals surface area contributed by atoms with Crippen LogP contribution in [0, 0.1) is 0 Å². The summed E-state index contributed by atoms with van der Waals surface area (Å²) in [4.78, 5) is 11.4. The Morgan fingerprint density at radius 3 is 2.26 bits per heavy atom. The lowest BCUT2D eigenvalue weighted by Crippen LogP contribution is -2.27. The van der Waals surface area contributed by atoms with Crippen LogP contribution in [0.1, 0.15) is 35.8 Å². The molecule has 0 bridgehead atoms. The predicted molar refractivity (Wildman–Crippen MR) is 88.2 cm³/mol. The number of Topliss-reactive ketones (excluding diaryl/α,β-unsaturated/α-hetero) is 1. The summed E-state index contributed by atoms with van der Waals surface area (Å²) in [6.07, 6.45) is 0. The molecule has 1 atom stereocenters. The molecule has 0 unspecified atom stereocenters. The fraction of sp³-hybridized carbons (Fsp3) is 0.235. The minimum Gasteiger partial charge on any atom is -0.496 e. The molecular formula is C17H19NO4S. The van der Waals surface area contributed by atoms with Crippen molar-refractivity contribution in [2.45, 2.75) is 24.8 Å². The van der Waals surface area contributed by atoms with Gasteiger partial charge in [0, 0.05) is 17.2 Å². The second-order valence-corrected chi connectivity index (χ2v) is 6.88. The summed E-state index contributed by atoms with van der Waals surface area (Å²) < 4.78 is 32.8. The first-order chi connectivity index (χ1) is 10.8. The number of benzene rings is 2. The Labute approximate surface area is 136 Å². The molecule has 0 saturated heterocycles. The first kappa shape index (κ1) is 17.2. The molecule has 0 heterocycles. The van der Waals surface area contributed by atoms with Gasteiger partial charge < -0.3 is 4.74 Å². The minimum absolute atomic E-state index is 0.107. The van der Waals surface area contributed by atoms with Crippen molar-refractivity contribution < 1.29 is 17.9 Å². The number of carbonyl (C=O) groups excluding carboxylic acids is 1. The van der Waals surface area contributed by atoms with Gasteiger partial charge in [0.25, 0.3) is 0 Å². The molecule has 0 radical (unpaired) electrons. The van der Waals surface area contributed by atoms with E-state index in [2.05, 4.69) is 4.72 Å². The van der Waals surface area contributed by atoms with Gasteiger partial charge in [-0.25, -0.2) is 13.1 Å². The number of rotatable bonds is 6. The van der Waals surface area contributed by atoms with E-state index in [9.17, 15) is 13.2 Å². The summed E-state index contributed by atoms with van der Waals surface area (Å²) in [6.45, 7) is 3.19. The van der Waals surface area contributed by atoms with Gasteiger partial charge in [-0.3, -0.25) is 4.79 Å². The molecule has 1 N–H and O–H groups in total. The van der Waals surface area contributed by atoms with Crippen LogP contribution in [0.15, 0.2) is 53.4 Å². The Hall–Kier alpha value is -2.18. The highest BCUT2D eigenvalue weighted by Gasteiger charge is 2.20. The van der Waals surface area contributed by atoms with Crippen LogP contribution in [0.4, 0.5) is 0 Å². The zero-order valence-electron chi connectivity index (χ0n) is 13.2. The summed E-state index contributed by atoms with van der Waals surface area (Å²) in [7, 11) is -2.15. The van der Waals surface area contributed by atoms with Gasteiger partial charge in [-0.1, -0.05) is 30.3 Å². The van der Waals surface area contributed by atoms with Crippen molar-refractivity contribution in [3.63, 3.8) is 0 Å². The van der Waals surface area contributed by atoms with Gasteiger partial charge in [0.05, 0.1) is 12.0 Å². The molecule has 0 aliphatic carbocycles. The van der Waals surface area contributed by atoms with Crippen molar-refractivity contribution >= 4 is 15.8 Å². The van der Waals surface area contributed by atoms with E-state index in [0.29, 0.717) is 11.3 Å². The smallest absolute Gasteiger partial charge is 0.241 e. The molecule has 2 rings (SSSR count). The second-order valence-electron chi connectivity index (χ2n) is 5.17. The molecule has 0 aliphatic heterocycles. The van der Waals surface area contributed by atoms with Gasteiger partial charge in [-0.05, 0) is 32.0 Å². The number of methoxy groups -OCH3 is 1. The summed E-state index contributed by atoms with van der Waals surface area (Å²) in [5, 5.41) is 0. The van der Waals surface area contributed by atoms with Crippen LogP contribution in [-0.4, -0.2) is 21.3 Å². The van der Waals surface area contributed by atoms with E-state index in [1.807, 2.05) is 18.2 Å². The summed E-state index contributed by atoms with van der Waals surface area (Å²) in [6, 6.07) is 12.6. The zero-order valence-corrected chi connectivity index (χ0v) is 14.1. The van der Waals surface area contributed by atoms with E-state index in [1.165, 1.54) is 31.2 Å². The van der Waals surface area contributed by atoms with Crippen LogP contribution in [-0.2, 0) is 10.0 Å². The molecule has 0 amide bonds. The molecular weight excluding hydrogens is 314 g/mol. The first-order valence-corrected chi connectivity index (χ1v) is 8.59. The molecule has 23 heavy (non-hydrogen) atoms. The molecule has 122 valence electrons. The predicted octanol–water partition coefficient (Wildman–Crippen LogP) is 2.94. The number of hydrogen-bond acceptors (Lipinski definition) is 4. The minimum atomic E-state index is -3.69. The molecule has 2 aromatic carbocycles. The van der Waals surface area contributed by atoms with E-state index >= 15 is 0 Å². The normalized spacial score (nSPS) is 12.7. The highest BCUT2D eigenvalue weighted by Crippen LogP contribution is 2.25. The number of ketones is 1. The molecule has 0 fully saturated rings. The molecule has 2 aromatic rings. The number of carbonyl (C=O) groups is 1. The summed E-state index contributed by atoms with van der Waals surface area (Å²) in [5.74, 6) is 0.513. The van der Waals surface area contributed by atoms with E-state index in [1.54, 1.807) is 20.1 Å². The fourth-order valence-corrected chi connectivity index (χ4v) is 3.48. The quantitative estimate of drug-likeness (QED) is 0.825. The average molecular weight is 333 g/mol. The van der Waals surface area contributed by atoms with Crippen molar-refractivity contribution in [3.8, 4) is 5.75 Å². The third-order valence-corrected chi connectivity index (χ3v) is 5.07. The van der Waals surface area contributed by atoms with Crippen molar-refractivity contribution in [2.24, 2.45) is 0 Å². The maximum absolute atomic E-state index is 12.5. The van der Waals surface area contributed by atoms with Gasteiger partial charge in [0.15, 0.2) is 5.78 Å². The first-order valence-electron chi connectivity index (χ1n) is 7.11. The zero-order chi connectivity index (χ0) is 17.0. The average Bonchev–Trinajstić information content (AvgIpc) is 2.54. The van der Waals surface area contributed by atoms with Crippen LogP contribution in [0.2, 0.25) is 0 Å². The van der Waals surface area contributed by atoms with E-state index in [4.69, 9.17) is 4.74 Å². The van der Waals surface area contributed by atoms with Crippen molar-refractivity contribution in [2.75, 3.05) is 7.11 Å². The number of nitrogens with one attached hydrogen (secondary N) is 1. The van der Waals surface area contributed by atoms with Crippen LogP contribution in [0.5, 0.6) is 5.75 Å². The van der Waals surface area contributed by atoms with Gasteiger partial charge in [0.2, 0.25) is 10.0 Å². The van der Waals surface area contributed by atoms with Crippen LogP contribution in [0.3, 0.4) is 0 Å². The van der Waals surface area contributed by atoms with E-state index < -0.39 is 16.1 Å². The molecule has 6 heteroatoms. The Morgan fingerprint density at radius 1 is 1.09 bits per heavy atom. The van der Waals surface area contributed by atoms with E-state index in [-0.39, 0.29) is 10.7 Å². The Balaban J connectivity index is 2.25. The molecule has 0 spiro atoms. The topological polar surface area (TPSA) is 72.5 Å². The van der Waals surface area contributed by atoms with Crippen molar-refractivity contribution in [3.05, 3.63) is 59.7 Å². The maximum atomic E-state index is 12.5. The SMILES string of the molecule is COc1ccccc1[C@H](C)NS(=O)(=O)c1ccc(C(C)=O)cc1.